The Morgan fingerprint density at radius 1 is 1.10 bits per heavy atom. The van der Waals surface area contributed by atoms with Crippen LogP contribution in [0.5, 0.6) is 0 Å². The van der Waals surface area contributed by atoms with Gasteiger partial charge in [0.15, 0.2) is 0 Å². The third kappa shape index (κ3) is 2.27. The molecule has 0 aliphatic heterocycles. The number of allylic oxidation sites excluding steroid dienone is 1. The van der Waals surface area contributed by atoms with Crippen molar-refractivity contribution in [2.75, 3.05) is 0 Å². The Kier molecular flexibility index (Phi) is 3.38. The zero-order chi connectivity index (χ0) is 15.0. The number of halogens is 1. The lowest BCUT2D eigenvalue weighted by molar-refractivity contribution is 0.629. The van der Waals surface area contributed by atoms with Crippen LogP contribution in [0.2, 0.25) is 0 Å². The van der Waals surface area contributed by atoms with E-state index in [0.717, 1.165) is 27.7 Å². The van der Waals surface area contributed by atoms with Crippen molar-refractivity contribution in [3.8, 4) is 11.3 Å². The van der Waals surface area contributed by atoms with Gasteiger partial charge in [0.2, 0.25) is 0 Å². The maximum atomic E-state index is 14.3. The molecule has 2 heteroatoms. The topological polar surface area (TPSA) is 4.93 Å². The van der Waals surface area contributed by atoms with E-state index in [-0.39, 0.29) is 5.82 Å². The average Bonchev–Trinajstić information content (AvgIpc) is 2.73. The second-order valence-corrected chi connectivity index (χ2v) is 5.51. The number of aryl methyl sites for hydroxylation is 1. The van der Waals surface area contributed by atoms with Crippen LogP contribution in [-0.4, -0.2) is 4.57 Å². The number of aromatic nitrogens is 1. The molecular formula is C19H18FN. The molecule has 0 aliphatic rings. The zero-order valence-electron chi connectivity index (χ0n) is 12.4. The van der Waals surface area contributed by atoms with Gasteiger partial charge >= 0.3 is 0 Å². The standard InChI is InChI=1S/C19H18FN/c1-13(2)12-21-18-11-7-5-8-15(18)14(3)19(21)16-9-4-6-10-17(16)20/h4-11H,1,12H2,2-3H3. The molecule has 0 saturated carbocycles. The van der Waals surface area contributed by atoms with Crippen LogP contribution in [0.3, 0.4) is 0 Å². The van der Waals surface area contributed by atoms with Gasteiger partial charge in [0.25, 0.3) is 0 Å². The van der Waals surface area contributed by atoms with E-state index in [1.54, 1.807) is 6.07 Å². The molecule has 0 radical (unpaired) electrons. The Morgan fingerprint density at radius 2 is 1.76 bits per heavy atom. The fourth-order valence-electron chi connectivity index (χ4n) is 2.91. The first kappa shape index (κ1) is 13.6. The van der Waals surface area contributed by atoms with Crippen molar-refractivity contribution in [2.45, 2.75) is 20.4 Å². The molecule has 2 aromatic carbocycles. The van der Waals surface area contributed by atoms with Gasteiger partial charge in [-0.15, -0.1) is 0 Å². The fraction of sp³-hybridized carbons (Fsp3) is 0.158. The molecule has 0 fully saturated rings. The van der Waals surface area contributed by atoms with Crippen molar-refractivity contribution in [3.05, 3.63) is 72.1 Å². The molecule has 3 aromatic rings. The van der Waals surface area contributed by atoms with Crippen molar-refractivity contribution in [1.82, 2.24) is 4.57 Å². The minimum Gasteiger partial charge on any atom is -0.336 e. The zero-order valence-corrected chi connectivity index (χ0v) is 12.4. The van der Waals surface area contributed by atoms with Crippen LogP contribution in [0.25, 0.3) is 22.2 Å². The van der Waals surface area contributed by atoms with Crippen LogP contribution in [0.1, 0.15) is 12.5 Å². The van der Waals surface area contributed by atoms with Crippen molar-refractivity contribution >= 4 is 10.9 Å². The summed E-state index contributed by atoms with van der Waals surface area (Å²) in [6.07, 6.45) is 0. The van der Waals surface area contributed by atoms with Gasteiger partial charge < -0.3 is 4.57 Å². The van der Waals surface area contributed by atoms with Crippen LogP contribution in [-0.2, 0) is 6.54 Å². The Bertz CT molecular complexity index is 827. The second kappa shape index (κ2) is 5.21. The lowest BCUT2D eigenvalue weighted by Crippen LogP contribution is -2.02. The summed E-state index contributed by atoms with van der Waals surface area (Å²) in [6, 6.07) is 15.1. The number of fused-ring (bicyclic) bond motifs is 1. The fourth-order valence-corrected chi connectivity index (χ4v) is 2.91. The Balaban J connectivity index is 2.38. The largest absolute Gasteiger partial charge is 0.336 e. The maximum Gasteiger partial charge on any atom is 0.132 e. The first-order valence-electron chi connectivity index (χ1n) is 7.06. The molecular weight excluding hydrogens is 261 g/mol. The third-order valence-corrected chi connectivity index (χ3v) is 3.78. The summed E-state index contributed by atoms with van der Waals surface area (Å²) in [6.45, 7) is 8.75. The Labute approximate surface area is 124 Å². The van der Waals surface area contributed by atoms with Gasteiger partial charge in [-0.1, -0.05) is 42.5 Å². The molecule has 21 heavy (non-hydrogen) atoms. The molecule has 0 aliphatic carbocycles. The van der Waals surface area contributed by atoms with Gasteiger partial charge in [0, 0.05) is 23.0 Å². The molecule has 1 aromatic heterocycles. The van der Waals surface area contributed by atoms with Gasteiger partial charge in [-0.3, -0.25) is 0 Å². The number of hydrogen-bond acceptors (Lipinski definition) is 0. The van der Waals surface area contributed by atoms with E-state index in [1.807, 2.05) is 31.2 Å². The number of benzene rings is 2. The lowest BCUT2D eigenvalue weighted by Gasteiger charge is -2.12. The van der Waals surface area contributed by atoms with Crippen molar-refractivity contribution in [3.63, 3.8) is 0 Å². The van der Waals surface area contributed by atoms with Crippen LogP contribution < -0.4 is 0 Å². The molecule has 0 N–H and O–H groups in total. The predicted molar refractivity (Wildman–Crippen MR) is 86.9 cm³/mol. The van der Waals surface area contributed by atoms with Gasteiger partial charge in [-0.2, -0.15) is 0 Å². The normalized spacial score (nSPS) is 11.0. The first-order chi connectivity index (χ1) is 10.1. The van der Waals surface area contributed by atoms with E-state index in [2.05, 4.69) is 30.2 Å². The SMILES string of the molecule is C=C(C)Cn1c(-c2ccccc2F)c(C)c2ccccc21. The minimum atomic E-state index is -0.189. The molecule has 0 atom stereocenters. The van der Waals surface area contributed by atoms with E-state index < -0.39 is 0 Å². The van der Waals surface area contributed by atoms with Gasteiger partial charge in [0.1, 0.15) is 5.82 Å². The highest BCUT2D eigenvalue weighted by atomic mass is 19.1. The van der Waals surface area contributed by atoms with Gasteiger partial charge in [-0.25, -0.2) is 4.39 Å². The average molecular weight is 279 g/mol. The molecule has 3 rings (SSSR count). The number of nitrogens with zero attached hydrogens (tertiary/aromatic N) is 1. The highest BCUT2D eigenvalue weighted by molar-refractivity contribution is 5.91. The summed E-state index contributed by atoms with van der Waals surface area (Å²) in [5, 5.41) is 1.16. The first-order valence-corrected chi connectivity index (χ1v) is 7.06. The molecule has 0 bridgehead atoms. The quantitative estimate of drug-likeness (QED) is 0.571. The number of rotatable bonds is 3. The minimum absolute atomic E-state index is 0.189. The molecule has 0 saturated heterocycles. The van der Waals surface area contributed by atoms with E-state index >= 15 is 0 Å². The lowest BCUT2D eigenvalue weighted by atomic mass is 10.1. The van der Waals surface area contributed by atoms with Crippen LogP contribution >= 0.6 is 0 Å². The molecule has 1 heterocycles. The van der Waals surface area contributed by atoms with Crippen molar-refractivity contribution in [1.29, 1.82) is 0 Å². The molecule has 106 valence electrons. The molecule has 1 nitrogen and oxygen atoms in total. The maximum absolute atomic E-state index is 14.3. The van der Waals surface area contributed by atoms with E-state index in [4.69, 9.17) is 0 Å². The summed E-state index contributed by atoms with van der Waals surface area (Å²) in [5.74, 6) is -0.189. The Hall–Kier alpha value is -2.35. The summed E-state index contributed by atoms with van der Waals surface area (Å²) in [4.78, 5) is 0. The van der Waals surface area contributed by atoms with Gasteiger partial charge in [0.05, 0.1) is 5.69 Å². The summed E-state index contributed by atoms with van der Waals surface area (Å²) in [5.41, 5.74) is 4.87. The smallest absolute Gasteiger partial charge is 0.132 e. The Morgan fingerprint density at radius 3 is 2.48 bits per heavy atom. The highest BCUT2D eigenvalue weighted by Gasteiger charge is 2.17. The van der Waals surface area contributed by atoms with Gasteiger partial charge in [-0.05, 0) is 37.6 Å². The summed E-state index contributed by atoms with van der Waals surface area (Å²) in [7, 11) is 0. The summed E-state index contributed by atoms with van der Waals surface area (Å²) >= 11 is 0. The van der Waals surface area contributed by atoms with E-state index in [9.17, 15) is 4.39 Å². The number of para-hydroxylation sites is 1. The van der Waals surface area contributed by atoms with Crippen LogP contribution in [0.4, 0.5) is 4.39 Å². The highest BCUT2D eigenvalue weighted by Crippen LogP contribution is 2.34. The van der Waals surface area contributed by atoms with Crippen molar-refractivity contribution < 1.29 is 4.39 Å². The van der Waals surface area contributed by atoms with E-state index in [1.165, 1.54) is 6.07 Å². The summed E-state index contributed by atoms with van der Waals surface area (Å²) < 4.78 is 16.4. The van der Waals surface area contributed by atoms with E-state index in [0.29, 0.717) is 12.1 Å². The number of hydrogen-bond donors (Lipinski definition) is 0. The molecule has 0 spiro atoms. The predicted octanol–water partition coefficient (Wildman–Crippen LogP) is 5.33. The van der Waals surface area contributed by atoms with Crippen LogP contribution in [0, 0.1) is 12.7 Å². The molecule has 0 unspecified atom stereocenters. The monoisotopic (exact) mass is 279 g/mol. The van der Waals surface area contributed by atoms with Crippen molar-refractivity contribution in [2.24, 2.45) is 0 Å². The third-order valence-electron chi connectivity index (χ3n) is 3.78. The second-order valence-electron chi connectivity index (χ2n) is 5.51. The molecule has 0 amide bonds. The van der Waals surface area contributed by atoms with Crippen LogP contribution in [0.15, 0.2) is 60.7 Å².